The molecule has 1 amide bonds. The Labute approximate surface area is 298 Å². The van der Waals surface area contributed by atoms with Gasteiger partial charge in [0.1, 0.15) is 12.2 Å². The molecule has 0 spiro atoms. The van der Waals surface area contributed by atoms with Crippen molar-refractivity contribution in [2.24, 2.45) is 47.2 Å². The minimum atomic E-state index is -2.13. The molecule has 10 heteroatoms. The number of carbonyl (C=O) groups excluding carboxylic acids is 2. The predicted octanol–water partition coefficient (Wildman–Crippen LogP) is 7.33. The quantitative estimate of drug-likeness (QED) is 0.0501. The molecule has 5 N–H and O–H groups in total. The number of cyclic esters (lactones) is 1. The van der Waals surface area contributed by atoms with Crippen LogP contribution in [0.5, 0.6) is 0 Å². The van der Waals surface area contributed by atoms with E-state index in [0.717, 1.165) is 5.57 Å². The third-order valence-corrected chi connectivity index (χ3v) is 15.3. The van der Waals surface area contributed by atoms with Crippen LogP contribution in [0.25, 0.3) is 0 Å². The van der Waals surface area contributed by atoms with Gasteiger partial charge in [0.2, 0.25) is 0 Å². The number of hydrogen-bond acceptors (Lipinski definition) is 8. The molecular formula is C39H69NO8Si. The van der Waals surface area contributed by atoms with Gasteiger partial charge in [-0.3, -0.25) is 4.79 Å². The number of amides is 1. The van der Waals surface area contributed by atoms with Gasteiger partial charge in [-0.05, 0) is 44.3 Å². The fourth-order valence-electron chi connectivity index (χ4n) is 6.51. The van der Waals surface area contributed by atoms with Crippen LogP contribution < -0.4 is 5.73 Å². The molecule has 0 aromatic rings. The van der Waals surface area contributed by atoms with E-state index in [4.69, 9.17) is 19.6 Å². The average molecular weight is 708 g/mol. The lowest BCUT2D eigenvalue weighted by Gasteiger charge is -2.46. The molecule has 1 aliphatic rings. The van der Waals surface area contributed by atoms with Crippen LogP contribution in [-0.4, -0.2) is 72.3 Å². The zero-order valence-corrected chi connectivity index (χ0v) is 33.6. The largest absolute Gasteiger partial charge is 0.462 e. The maximum Gasteiger partial charge on any atom is 0.404 e. The molecule has 282 valence electrons. The normalized spacial score (nSPS) is 26.7. The van der Waals surface area contributed by atoms with Crippen molar-refractivity contribution >= 4 is 20.4 Å². The van der Waals surface area contributed by atoms with E-state index in [0.29, 0.717) is 6.42 Å². The van der Waals surface area contributed by atoms with Crippen LogP contribution in [0.4, 0.5) is 4.79 Å². The van der Waals surface area contributed by atoms with E-state index in [1.807, 2.05) is 73.6 Å². The van der Waals surface area contributed by atoms with Crippen molar-refractivity contribution in [1.82, 2.24) is 0 Å². The summed E-state index contributed by atoms with van der Waals surface area (Å²) < 4.78 is 17.8. The summed E-state index contributed by atoms with van der Waals surface area (Å²) in [6, 6.07) is 0. The van der Waals surface area contributed by atoms with Crippen LogP contribution in [0.3, 0.4) is 0 Å². The highest BCUT2D eigenvalue weighted by molar-refractivity contribution is 6.74. The molecule has 0 saturated carbocycles. The fraction of sp³-hybridized carbons (Fsp3) is 0.744. The molecule has 0 aliphatic carbocycles. The number of rotatable bonds is 18. The number of nitrogens with two attached hydrogens (primary N) is 1. The van der Waals surface area contributed by atoms with E-state index in [1.54, 1.807) is 18.2 Å². The zero-order chi connectivity index (χ0) is 38.0. The third kappa shape index (κ3) is 13.4. The van der Waals surface area contributed by atoms with Gasteiger partial charge in [-0.2, -0.15) is 0 Å². The van der Waals surface area contributed by atoms with Crippen molar-refractivity contribution in [3.8, 4) is 0 Å². The average Bonchev–Trinajstić information content (AvgIpc) is 3.00. The molecule has 1 fully saturated rings. The van der Waals surface area contributed by atoms with Crippen LogP contribution in [0.15, 0.2) is 48.6 Å². The number of allylic oxidation sites excluding steroid dienone is 3. The van der Waals surface area contributed by atoms with Crippen LogP contribution in [0.1, 0.15) is 89.0 Å². The summed E-state index contributed by atoms with van der Waals surface area (Å²) in [5, 5.41) is 33.2. The van der Waals surface area contributed by atoms with Crippen LogP contribution >= 0.6 is 0 Å². The number of primary amides is 1. The molecule has 0 radical (unpaired) electrons. The van der Waals surface area contributed by atoms with Gasteiger partial charge in [-0.15, -0.1) is 0 Å². The fourth-order valence-corrected chi connectivity index (χ4v) is 7.97. The van der Waals surface area contributed by atoms with Crippen molar-refractivity contribution in [2.75, 3.05) is 0 Å². The van der Waals surface area contributed by atoms with Gasteiger partial charge < -0.3 is 35.0 Å². The lowest BCUT2D eigenvalue weighted by molar-refractivity contribution is -0.177. The Morgan fingerprint density at radius 1 is 1.00 bits per heavy atom. The standard InChI is InChI=1S/C39H69NO8Si/c1-15-16-17-25(4)35(47-38(40)45)29(8)34(43)27(6)21-23(2)20-26(5)33(42)24(3)18-19-31(41)22-32-28(7)36(30(9)37(44)46-32)48-49(13,14)39(10,11)12/h15-20,24-36,41-43H,1,21-22H2,2-14H3,(H2,40,45)/b17-16-,19-18-,23-20-/t24-,25-,26-,27-,28-,29-,30+,31+,32-,33-,34+,35-,36-/m0/s1. The van der Waals surface area contributed by atoms with Gasteiger partial charge in [-0.25, -0.2) is 4.79 Å². The lowest BCUT2D eigenvalue weighted by atomic mass is 9.81. The maximum absolute atomic E-state index is 12.8. The highest BCUT2D eigenvalue weighted by Gasteiger charge is 2.48. The second kappa shape index (κ2) is 19.4. The number of ether oxygens (including phenoxy) is 2. The van der Waals surface area contributed by atoms with E-state index in [1.165, 1.54) is 0 Å². The Bertz CT molecular complexity index is 1160. The number of hydrogen-bond donors (Lipinski definition) is 4. The van der Waals surface area contributed by atoms with E-state index >= 15 is 0 Å². The first-order valence-electron chi connectivity index (χ1n) is 18.0. The summed E-state index contributed by atoms with van der Waals surface area (Å²) in [6.45, 7) is 30.0. The number of aliphatic hydroxyl groups excluding tert-OH is 3. The Kier molecular flexibility index (Phi) is 17.7. The second-order valence-electron chi connectivity index (χ2n) is 16.3. The van der Waals surface area contributed by atoms with Crippen LogP contribution in [0.2, 0.25) is 18.1 Å². The van der Waals surface area contributed by atoms with Crippen molar-refractivity contribution < 1.29 is 38.8 Å². The minimum absolute atomic E-state index is 0.000437. The number of carbonyl (C=O) groups is 2. The summed E-state index contributed by atoms with van der Waals surface area (Å²) in [4.78, 5) is 24.4. The number of aliphatic hydroxyl groups is 3. The number of esters is 1. The zero-order valence-electron chi connectivity index (χ0n) is 32.6. The monoisotopic (exact) mass is 707 g/mol. The van der Waals surface area contributed by atoms with Gasteiger partial charge in [0.15, 0.2) is 8.32 Å². The molecule has 13 atom stereocenters. The summed E-state index contributed by atoms with van der Waals surface area (Å²) in [5.41, 5.74) is 6.35. The molecule has 1 aliphatic heterocycles. The molecule has 0 aromatic carbocycles. The van der Waals surface area contributed by atoms with Crippen LogP contribution in [-0.2, 0) is 18.7 Å². The Balaban J connectivity index is 2.87. The van der Waals surface area contributed by atoms with Crippen LogP contribution in [0, 0.1) is 41.4 Å². The summed E-state index contributed by atoms with van der Waals surface area (Å²) >= 11 is 0. The van der Waals surface area contributed by atoms with Gasteiger partial charge >= 0.3 is 12.1 Å². The first-order valence-corrected chi connectivity index (χ1v) is 20.9. The minimum Gasteiger partial charge on any atom is -0.462 e. The first-order chi connectivity index (χ1) is 22.4. The molecule has 0 bridgehead atoms. The van der Waals surface area contributed by atoms with E-state index in [9.17, 15) is 24.9 Å². The van der Waals surface area contributed by atoms with E-state index in [2.05, 4.69) is 40.4 Å². The topological polar surface area (TPSA) is 149 Å². The van der Waals surface area contributed by atoms with Crippen molar-refractivity contribution in [3.05, 3.63) is 48.6 Å². The smallest absolute Gasteiger partial charge is 0.404 e. The molecule has 0 unspecified atom stereocenters. The Morgan fingerprint density at radius 3 is 2.12 bits per heavy atom. The van der Waals surface area contributed by atoms with Crippen molar-refractivity contribution in [2.45, 2.75) is 144 Å². The second-order valence-corrected chi connectivity index (χ2v) is 21.0. The Hall–Kier alpha value is -2.24. The molecule has 0 aromatic heterocycles. The molecule has 9 nitrogen and oxygen atoms in total. The van der Waals surface area contributed by atoms with Gasteiger partial charge in [0.25, 0.3) is 0 Å². The molecule has 1 rings (SSSR count). The third-order valence-electron chi connectivity index (χ3n) is 10.8. The summed E-state index contributed by atoms with van der Waals surface area (Å²) in [5.74, 6) is -1.90. The first kappa shape index (κ1) is 44.8. The van der Waals surface area contributed by atoms with Crippen molar-refractivity contribution in [1.29, 1.82) is 0 Å². The SMILES string of the molecule is C=C/C=C\[C@H](C)[C@H](OC(N)=O)[C@@H](C)[C@H](O)[C@@H](C)C/C(C)=C\[C@H](C)[C@@H](O)[C@@H](C)/C=C\[C@@H](O)C[C@@H]1OC(=O)[C@H](C)[C@@H](O[Si](C)(C)C(C)(C)C)[C@H]1C. The summed E-state index contributed by atoms with van der Waals surface area (Å²) in [6.07, 6.45) is 7.04. The molecular weight excluding hydrogens is 639 g/mol. The van der Waals surface area contributed by atoms with E-state index < -0.39 is 44.9 Å². The lowest BCUT2D eigenvalue weighted by Crippen LogP contribution is -2.54. The summed E-state index contributed by atoms with van der Waals surface area (Å²) in [7, 11) is -2.13. The van der Waals surface area contributed by atoms with Gasteiger partial charge in [-0.1, -0.05) is 111 Å². The Morgan fingerprint density at radius 2 is 1.59 bits per heavy atom. The molecule has 49 heavy (non-hydrogen) atoms. The maximum atomic E-state index is 12.8. The van der Waals surface area contributed by atoms with Gasteiger partial charge in [0, 0.05) is 36.0 Å². The highest BCUT2D eigenvalue weighted by atomic mass is 28.4. The molecule has 1 heterocycles. The molecule has 1 saturated heterocycles. The van der Waals surface area contributed by atoms with E-state index in [-0.39, 0.29) is 65.0 Å². The predicted molar refractivity (Wildman–Crippen MR) is 200 cm³/mol. The van der Waals surface area contributed by atoms with Crippen molar-refractivity contribution in [3.63, 3.8) is 0 Å². The highest BCUT2D eigenvalue weighted by Crippen LogP contribution is 2.41. The van der Waals surface area contributed by atoms with Gasteiger partial charge in [0.05, 0.1) is 30.3 Å².